The van der Waals surface area contributed by atoms with E-state index in [0.29, 0.717) is 11.3 Å². The molecule has 4 heteroatoms. The maximum atomic E-state index is 14.3. The van der Waals surface area contributed by atoms with Gasteiger partial charge in [-0.15, -0.1) is 0 Å². The predicted molar refractivity (Wildman–Crippen MR) is 66.5 cm³/mol. The van der Waals surface area contributed by atoms with Crippen LogP contribution in [0.5, 0.6) is 0 Å². The van der Waals surface area contributed by atoms with E-state index in [1.807, 2.05) is 0 Å². The summed E-state index contributed by atoms with van der Waals surface area (Å²) in [5, 5.41) is 0. The molecule has 1 aliphatic carbocycles. The largest absolute Gasteiger partial charge is 0.497 e. The molecule has 1 aromatic carbocycles. The van der Waals surface area contributed by atoms with Crippen molar-refractivity contribution in [2.75, 3.05) is 7.11 Å². The van der Waals surface area contributed by atoms with E-state index in [2.05, 4.69) is 0 Å². The summed E-state index contributed by atoms with van der Waals surface area (Å²) >= 11 is 0. The van der Waals surface area contributed by atoms with E-state index in [9.17, 15) is 9.18 Å². The molecule has 2 N–H and O–H groups in total. The zero-order valence-corrected chi connectivity index (χ0v) is 9.97. The van der Waals surface area contributed by atoms with Crippen LogP contribution in [0, 0.1) is 5.92 Å². The maximum Gasteiger partial charge on any atom is 0.195 e. The number of allylic oxidation sites excluding steroid dienone is 1. The quantitative estimate of drug-likeness (QED) is 0.658. The van der Waals surface area contributed by atoms with Crippen LogP contribution in [-0.2, 0) is 4.74 Å². The second-order valence-electron chi connectivity index (χ2n) is 4.15. The van der Waals surface area contributed by atoms with Gasteiger partial charge in [0, 0.05) is 11.6 Å². The third-order valence-corrected chi connectivity index (χ3v) is 2.87. The molecule has 94 valence electrons. The molecule has 2 rings (SSSR count). The van der Waals surface area contributed by atoms with E-state index < -0.39 is 11.7 Å². The van der Waals surface area contributed by atoms with Gasteiger partial charge in [0.2, 0.25) is 0 Å². The number of alkyl halides is 1. The molecule has 0 saturated heterocycles. The van der Waals surface area contributed by atoms with Gasteiger partial charge in [0.25, 0.3) is 0 Å². The summed E-state index contributed by atoms with van der Waals surface area (Å²) in [6.07, 6.45) is 4.11. The number of halogens is 1. The van der Waals surface area contributed by atoms with Crippen molar-refractivity contribution in [3.05, 3.63) is 59.9 Å². The van der Waals surface area contributed by atoms with Gasteiger partial charge in [0.15, 0.2) is 11.6 Å². The summed E-state index contributed by atoms with van der Waals surface area (Å²) in [6, 6.07) is 8.53. The van der Waals surface area contributed by atoms with Gasteiger partial charge in [0.05, 0.1) is 13.0 Å². The second-order valence-corrected chi connectivity index (χ2v) is 4.15. The maximum absolute atomic E-state index is 14.3. The molecule has 0 aliphatic heterocycles. The average Bonchev–Trinajstić information content (AvgIpc) is 2.38. The molecule has 0 aromatic heterocycles. The molecule has 2 unspecified atom stereocenters. The normalized spacial score (nSPS) is 26.6. The molecule has 0 spiro atoms. The summed E-state index contributed by atoms with van der Waals surface area (Å²) in [4.78, 5) is 12.2. The van der Waals surface area contributed by atoms with Crippen molar-refractivity contribution in [2.24, 2.45) is 11.7 Å². The number of nitrogens with two attached hydrogens (primary N) is 1. The van der Waals surface area contributed by atoms with E-state index >= 15 is 0 Å². The molecule has 0 fully saturated rings. The third-order valence-electron chi connectivity index (χ3n) is 2.87. The molecule has 1 aliphatic rings. The Morgan fingerprint density at radius 2 is 2.06 bits per heavy atom. The molecule has 0 heterocycles. The zero-order chi connectivity index (χ0) is 13.2. The number of Topliss-reactive ketones (excluding diaryl/α,β-unsaturated/α-hetero) is 1. The van der Waals surface area contributed by atoms with Gasteiger partial charge in [-0.25, -0.2) is 4.39 Å². The van der Waals surface area contributed by atoms with Crippen LogP contribution in [0.2, 0.25) is 0 Å². The Hall–Kier alpha value is -1.94. The number of hydrogen-bond donors (Lipinski definition) is 1. The van der Waals surface area contributed by atoms with Crippen LogP contribution in [-0.4, -0.2) is 18.7 Å². The highest BCUT2D eigenvalue weighted by atomic mass is 19.1. The van der Waals surface area contributed by atoms with E-state index in [1.165, 1.54) is 13.2 Å². The number of ether oxygens (including phenoxy) is 1. The summed E-state index contributed by atoms with van der Waals surface area (Å²) in [6.45, 7) is 0. The molecular formula is C14H14FNO2. The van der Waals surface area contributed by atoms with Crippen LogP contribution in [0.4, 0.5) is 4.39 Å². The number of benzene rings is 1. The lowest BCUT2D eigenvalue weighted by Crippen LogP contribution is -2.45. The number of carbonyl (C=O) groups excluding carboxylic acids is 1. The minimum atomic E-state index is -2.23. The van der Waals surface area contributed by atoms with Crippen LogP contribution in [0.3, 0.4) is 0 Å². The molecule has 0 saturated carbocycles. The van der Waals surface area contributed by atoms with Crippen LogP contribution in [0.15, 0.2) is 54.3 Å². The predicted octanol–water partition coefficient (Wildman–Crippen LogP) is 2.21. The van der Waals surface area contributed by atoms with E-state index in [0.717, 1.165) is 6.08 Å². The Bertz CT molecular complexity index is 506. The Morgan fingerprint density at radius 1 is 1.39 bits per heavy atom. The average molecular weight is 247 g/mol. The van der Waals surface area contributed by atoms with Gasteiger partial charge in [0.1, 0.15) is 5.76 Å². The lowest BCUT2D eigenvalue weighted by Gasteiger charge is -2.27. The lowest BCUT2D eigenvalue weighted by molar-refractivity contribution is 0.0797. The number of methoxy groups -OCH3 is 1. The zero-order valence-electron chi connectivity index (χ0n) is 9.97. The third kappa shape index (κ3) is 2.33. The summed E-state index contributed by atoms with van der Waals surface area (Å²) in [7, 11) is 1.42. The fourth-order valence-corrected chi connectivity index (χ4v) is 1.89. The first-order chi connectivity index (χ1) is 8.54. The number of ketones is 1. The topological polar surface area (TPSA) is 52.3 Å². The molecular weight excluding hydrogens is 233 g/mol. The van der Waals surface area contributed by atoms with Gasteiger partial charge >= 0.3 is 0 Å². The highest BCUT2D eigenvalue weighted by Gasteiger charge is 2.39. The lowest BCUT2D eigenvalue weighted by atomic mass is 9.86. The highest BCUT2D eigenvalue weighted by Crippen LogP contribution is 2.29. The van der Waals surface area contributed by atoms with Crippen molar-refractivity contribution >= 4 is 5.78 Å². The van der Waals surface area contributed by atoms with Crippen LogP contribution >= 0.6 is 0 Å². The highest BCUT2D eigenvalue weighted by molar-refractivity contribution is 6.00. The Labute approximate surface area is 105 Å². The standard InChI is InChI=1S/C14H14FNO2/c1-18-11-7-8-12(14(15,16)9-11)13(17)10-5-3-2-4-6-10/h2-9,12H,16H2,1H3. The fourth-order valence-electron chi connectivity index (χ4n) is 1.89. The fraction of sp³-hybridized carbons (Fsp3) is 0.214. The monoisotopic (exact) mass is 247 g/mol. The molecule has 1 aromatic rings. The first-order valence-corrected chi connectivity index (χ1v) is 5.56. The van der Waals surface area contributed by atoms with E-state index in [4.69, 9.17) is 10.5 Å². The van der Waals surface area contributed by atoms with Gasteiger partial charge < -0.3 is 4.74 Å². The SMILES string of the molecule is COC1=CC(N)(F)C(C(=O)c2ccccc2)C=C1. The van der Waals surface area contributed by atoms with Crippen molar-refractivity contribution in [2.45, 2.75) is 5.79 Å². The minimum Gasteiger partial charge on any atom is -0.497 e. The molecule has 2 atom stereocenters. The number of hydrogen-bond acceptors (Lipinski definition) is 3. The first kappa shape index (κ1) is 12.5. The Kier molecular flexibility index (Phi) is 3.30. The molecule has 0 amide bonds. The van der Waals surface area contributed by atoms with Gasteiger partial charge in [-0.05, 0) is 6.08 Å². The van der Waals surface area contributed by atoms with Crippen molar-refractivity contribution in [3.63, 3.8) is 0 Å². The Balaban J connectivity index is 2.28. The van der Waals surface area contributed by atoms with E-state index in [1.54, 1.807) is 36.4 Å². The summed E-state index contributed by atoms with van der Waals surface area (Å²) < 4.78 is 19.2. The summed E-state index contributed by atoms with van der Waals surface area (Å²) in [5.74, 6) is -3.29. The molecule has 18 heavy (non-hydrogen) atoms. The Morgan fingerprint density at radius 3 is 2.61 bits per heavy atom. The number of carbonyl (C=O) groups is 1. The second kappa shape index (κ2) is 4.74. The van der Waals surface area contributed by atoms with Crippen molar-refractivity contribution in [3.8, 4) is 0 Å². The molecule has 3 nitrogen and oxygen atoms in total. The van der Waals surface area contributed by atoms with Crippen LogP contribution in [0.25, 0.3) is 0 Å². The van der Waals surface area contributed by atoms with Crippen LogP contribution in [0.1, 0.15) is 10.4 Å². The smallest absolute Gasteiger partial charge is 0.195 e. The molecule has 0 radical (unpaired) electrons. The number of rotatable bonds is 3. The van der Waals surface area contributed by atoms with Gasteiger partial charge in [-0.3, -0.25) is 10.5 Å². The van der Waals surface area contributed by atoms with Gasteiger partial charge in [-0.1, -0.05) is 36.4 Å². The van der Waals surface area contributed by atoms with Crippen molar-refractivity contribution < 1.29 is 13.9 Å². The van der Waals surface area contributed by atoms with Crippen molar-refractivity contribution in [1.82, 2.24) is 0 Å². The minimum absolute atomic E-state index is 0.317. The van der Waals surface area contributed by atoms with E-state index in [-0.39, 0.29) is 5.78 Å². The first-order valence-electron chi connectivity index (χ1n) is 5.56. The van der Waals surface area contributed by atoms with Crippen molar-refractivity contribution in [1.29, 1.82) is 0 Å². The molecule has 0 bridgehead atoms. The summed E-state index contributed by atoms with van der Waals surface area (Å²) in [5.41, 5.74) is 5.97. The van der Waals surface area contributed by atoms with Crippen LogP contribution < -0.4 is 5.73 Å². The van der Waals surface area contributed by atoms with Gasteiger partial charge in [-0.2, -0.15) is 0 Å².